The Morgan fingerprint density at radius 1 is 1.16 bits per heavy atom. The van der Waals surface area contributed by atoms with E-state index in [4.69, 9.17) is 9.47 Å². The van der Waals surface area contributed by atoms with Gasteiger partial charge in [-0.2, -0.15) is 0 Å². The Balaban J connectivity index is 1.49. The van der Waals surface area contributed by atoms with Crippen molar-refractivity contribution in [2.24, 2.45) is 0 Å². The van der Waals surface area contributed by atoms with E-state index in [1.54, 1.807) is 25.3 Å². The molecule has 31 heavy (non-hydrogen) atoms. The molecule has 2 aromatic carbocycles. The lowest BCUT2D eigenvalue weighted by Gasteiger charge is -2.23. The number of hydrogen-bond acceptors (Lipinski definition) is 5. The third-order valence-electron chi connectivity index (χ3n) is 5.21. The maximum atomic E-state index is 13.0. The number of halogens is 1. The molecule has 0 saturated heterocycles. The smallest absolute Gasteiger partial charge is 0.255 e. The van der Waals surface area contributed by atoms with Gasteiger partial charge in [0.15, 0.2) is 11.5 Å². The highest BCUT2D eigenvalue weighted by Gasteiger charge is 2.18. The molecule has 0 saturated carbocycles. The van der Waals surface area contributed by atoms with Gasteiger partial charge in [-0.15, -0.1) is 0 Å². The predicted molar refractivity (Wildman–Crippen MR) is 118 cm³/mol. The Bertz CT molecular complexity index is 1160. The molecule has 1 aliphatic heterocycles. The SMILES string of the molecule is COc1cc(/C=C/c2nc3c(c(=O)[nH]2)CN(C)CC3)ccc1OCc1ccc(F)cc1. The fraction of sp³-hybridized carbons (Fsp3) is 0.250. The summed E-state index contributed by atoms with van der Waals surface area (Å²) in [6, 6.07) is 11.7. The van der Waals surface area contributed by atoms with Gasteiger partial charge in [0.05, 0.1) is 18.4 Å². The molecule has 160 valence electrons. The molecule has 0 radical (unpaired) electrons. The first-order chi connectivity index (χ1) is 15.0. The van der Waals surface area contributed by atoms with Crippen molar-refractivity contribution in [1.29, 1.82) is 0 Å². The zero-order chi connectivity index (χ0) is 21.8. The van der Waals surface area contributed by atoms with Crippen molar-refractivity contribution in [1.82, 2.24) is 14.9 Å². The molecule has 0 spiro atoms. The van der Waals surface area contributed by atoms with Crippen LogP contribution in [0.3, 0.4) is 0 Å². The number of rotatable bonds is 6. The molecule has 1 N–H and O–H groups in total. The molecule has 6 nitrogen and oxygen atoms in total. The minimum absolute atomic E-state index is 0.0849. The Hall–Kier alpha value is -3.45. The van der Waals surface area contributed by atoms with Gasteiger partial charge >= 0.3 is 0 Å². The second-order valence-electron chi connectivity index (χ2n) is 7.52. The van der Waals surface area contributed by atoms with Gasteiger partial charge in [-0.3, -0.25) is 4.79 Å². The van der Waals surface area contributed by atoms with Crippen LogP contribution in [0.1, 0.15) is 28.2 Å². The van der Waals surface area contributed by atoms with Crippen LogP contribution in [0.15, 0.2) is 47.3 Å². The number of methoxy groups -OCH3 is 1. The fourth-order valence-electron chi connectivity index (χ4n) is 3.48. The number of benzene rings is 2. The second kappa shape index (κ2) is 9.14. The normalized spacial score (nSPS) is 13.9. The maximum Gasteiger partial charge on any atom is 0.255 e. The summed E-state index contributed by atoms with van der Waals surface area (Å²) in [5.41, 5.74) is 3.27. The number of aromatic amines is 1. The first-order valence-corrected chi connectivity index (χ1v) is 10.1. The molecule has 0 bridgehead atoms. The lowest BCUT2D eigenvalue weighted by atomic mass is 10.1. The Labute approximate surface area is 180 Å². The number of ether oxygens (including phenoxy) is 2. The van der Waals surface area contributed by atoms with E-state index in [1.165, 1.54) is 12.1 Å². The molecule has 1 aliphatic rings. The molecule has 0 aliphatic carbocycles. The highest BCUT2D eigenvalue weighted by atomic mass is 19.1. The van der Waals surface area contributed by atoms with E-state index in [0.717, 1.165) is 35.3 Å². The Morgan fingerprint density at radius 2 is 1.97 bits per heavy atom. The van der Waals surface area contributed by atoms with Gasteiger partial charge in [0.2, 0.25) is 0 Å². The summed E-state index contributed by atoms with van der Waals surface area (Å²) in [5.74, 6) is 1.43. The fourth-order valence-corrected chi connectivity index (χ4v) is 3.48. The quantitative estimate of drug-likeness (QED) is 0.658. The summed E-state index contributed by atoms with van der Waals surface area (Å²) in [4.78, 5) is 21.9. The van der Waals surface area contributed by atoms with Crippen LogP contribution in [0.2, 0.25) is 0 Å². The van der Waals surface area contributed by atoms with Crippen molar-refractivity contribution in [2.45, 2.75) is 19.6 Å². The van der Waals surface area contributed by atoms with E-state index in [0.29, 0.717) is 30.5 Å². The van der Waals surface area contributed by atoms with Crippen molar-refractivity contribution in [3.05, 3.63) is 86.8 Å². The van der Waals surface area contributed by atoms with Crippen LogP contribution in [0.4, 0.5) is 4.39 Å². The summed E-state index contributed by atoms with van der Waals surface area (Å²) in [6.07, 6.45) is 4.42. The van der Waals surface area contributed by atoms with E-state index in [9.17, 15) is 9.18 Å². The summed E-state index contributed by atoms with van der Waals surface area (Å²) in [5, 5.41) is 0. The molecule has 0 unspecified atom stereocenters. The van der Waals surface area contributed by atoms with Crippen molar-refractivity contribution in [2.75, 3.05) is 20.7 Å². The molecule has 4 rings (SSSR count). The number of H-pyrrole nitrogens is 1. The van der Waals surface area contributed by atoms with Gasteiger partial charge in [-0.05, 0) is 48.5 Å². The van der Waals surface area contributed by atoms with Crippen molar-refractivity contribution in [3.8, 4) is 11.5 Å². The van der Waals surface area contributed by atoms with Crippen LogP contribution >= 0.6 is 0 Å². The average Bonchev–Trinajstić information content (AvgIpc) is 2.78. The number of nitrogens with one attached hydrogen (secondary N) is 1. The Kier molecular flexibility index (Phi) is 6.13. The van der Waals surface area contributed by atoms with Gasteiger partial charge in [0.1, 0.15) is 18.2 Å². The van der Waals surface area contributed by atoms with Crippen LogP contribution in [0.25, 0.3) is 12.2 Å². The first-order valence-electron chi connectivity index (χ1n) is 10.1. The molecule has 7 heteroatoms. The van der Waals surface area contributed by atoms with Crippen molar-refractivity contribution in [3.63, 3.8) is 0 Å². The van der Waals surface area contributed by atoms with Crippen LogP contribution < -0.4 is 15.0 Å². The predicted octanol–water partition coefficient (Wildman–Crippen LogP) is 3.65. The zero-order valence-electron chi connectivity index (χ0n) is 17.5. The number of aromatic nitrogens is 2. The lowest BCUT2D eigenvalue weighted by molar-refractivity contribution is 0.284. The maximum absolute atomic E-state index is 13.0. The van der Waals surface area contributed by atoms with Gasteiger partial charge in [0.25, 0.3) is 5.56 Å². The number of likely N-dealkylation sites (N-methyl/N-ethyl adjacent to an activating group) is 1. The molecule has 0 amide bonds. The third-order valence-corrected chi connectivity index (χ3v) is 5.21. The molecule has 3 aromatic rings. The van der Waals surface area contributed by atoms with Crippen molar-refractivity contribution >= 4 is 12.2 Å². The van der Waals surface area contributed by atoms with E-state index < -0.39 is 0 Å². The van der Waals surface area contributed by atoms with Crippen molar-refractivity contribution < 1.29 is 13.9 Å². The second-order valence-corrected chi connectivity index (χ2v) is 7.52. The van der Waals surface area contributed by atoms with E-state index >= 15 is 0 Å². The lowest BCUT2D eigenvalue weighted by Crippen LogP contribution is -2.33. The average molecular weight is 421 g/mol. The van der Waals surface area contributed by atoms with E-state index in [2.05, 4.69) is 14.9 Å². The van der Waals surface area contributed by atoms with Crippen LogP contribution in [0, 0.1) is 5.82 Å². The van der Waals surface area contributed by atoms with Crippen LogP contribution in [-0.4, -0.2) is 35.6 Å². The van der Waals surface area contributed by atoms with Gasteiger partial charge in [-0.25, -0.2) is 9.37 Å². The minimum Gasteiger partial charge on any atom is -0.493 e. The molecular formula is C24H24FN3O3. The third kappa shape index (κ3) is 5.00. The number of hydrogen-bond donors (Lipinski definition) is 1. The summed E-state index contributed by atoms with van der Waals surface area (Å²) >= 11 is 0. The first kappa shape index (κ1) is 20.8. The highest BCUT2D eigenvalue weighted by Crippen LogP contribution is 2.29. The van der Waals surface area contributed by atoms with E-state index in [-0.39, 0.29) is 11.4 Å². The van der Waals surface area contributed by atoms with Gasteiger partial charge in [-0.1, -0.05) is 24.3 Å². The van der Waals surface area contributed by atoms with Crippen LogP contribution in [-0.2, 0) is 19.6 Å². The van der Waals surface area contributed by atoms with Crippen LogP contribution in [0.5, 0.6) is 11.5 Å². The Morgan fingerprint density at radius 3 is 2.74 bits per heavy atom. The standard InChI is InChI=1S/C24H24FN3O3/c1-28-12-11-20-19(14-28)24(29)27-23(26-20)10-6-16-5-9-21(22(13-16)30-2)31-15-17-3-7-18(25)8-4-17/h3-10,13H,11-12,14-15H2,1-2H3,(H,26,27,29)/b10-6+. The van der Waals surface area contributed by atoms with E-state index in [1.807, 2.05) is 31.3 Å². The molecule has 2 heterocycles. The highest BCUT2D eigenvalue weighted by molar-refractivity contribution is 5.68. The summed E-state index contributed by atoms with van der Waals surface area (Å²) < 4.78 is 24.3. The summed E-state index contributed by atoms with van der Waals surface area (Å²) in [7, 11) is 3.57. The number of fused-ring (bicyclic) bond motifs is 1. The molecular weight excluding hydrogens is 397 g/mol. The van der Waals surface area contributed by atoms with Gasteiger partial charge in [0, 0.05) is 19.5 Å². The summed E-state index contributed by atoms with van der Waals surface area (Å²) in [6.45, 7) is 1.82. The zero-order valence-corrected chi connectivity index (χ0v) is 17.5. The molecule has 0 fully saturated rings. The van der Waals surface area contributed by atoms with Gasteiger partial charge < -0.3 is 19.4 Å². The monoisotopic (exact) mass is 421 g/mol. The minimum atomic E-state index is -0.278. The number of nitrogens with zero attached hydrogens (tertiary/aromatic N) is 2. The molecule has 1 aromatic heterocycles. The topological polar surface area (TPSA) is 67.5 Å². The largest absolute Gasteiger partial charge is 0.493 e. The molecule has 0 atom stereocenters.